The van der Waals surface area contributed by atoms with Crippen LogP contribution in [0.2, 0.25) is 10.0 Å². The summed E-state index contributed by atoms with van der Waals surface area (Å²) in [5, 5.41) is 0.938. The summed E-state index contributed by atoms with van der Waals surface area (Å²) < 4.78 is 5.50. The van der Waals surface area contributed by atoms with Crippen LogP contribution in [0.1, 0.15) is 10.4 Å². The Morgan fingerprint density at radius 2 is 1.94 bits per heavy atom. The van der Waals surface area contributed by atoms with Gasteiger partial charge in [0.05, 0.1) is 16.8 Å². The number of halogens is 2. The maximum Gasteiger partial charge on any atom is 0.153 e. The lowest BCUT2D eigenvalue weighted by molar-refractivity contribution is 0.112. The Labute approximate surface area is 108 Å². The molecule has 0 saturated heterocycles. The Hall–Kier alpha value is -1.58. The van der Waals surface area contributed by atoms with Crippen LogP contribution in [0, 0.1) is 0 Å². The Bertz CT molecular complexity index is 558. The first kappa shape index (κ1) is 11.9. The molecule has 0 radical (unpaired) electrons. The second-order valence-corrected chi connectivity index (χ2v) is 4.11. The van der Waals surface area contributed by atoms with Crippen LogP contribution in [0.3, 0.4) is 0 Å². The second-order valence-electron chi connectivity index (χ2n) is 3.24. The minimum absolute atomic E-state index is 0.373. The first-order chi connectivity index (χ1) is 8.19. The minimum atomic E-state index is 0.373. The number of carbonyl (C=O) groups is 1. The molecule has 0 unspecified atom stereocenters. The number of pyridine rings is 1. The summed E-state index contributed by atoms with van der Waals surface area (Å²) in [6.45, 7) is 0. The quantitative estimate of drug-likeness (QED) is 0.790. The van der Waals surface area contributed by atoms with Gasteiger partial charge in [0, 0.05) is 17.3 Å². The van der Waals surface area contributed by atoms with Crippen molar-refractivity contribution in [2.75, 3.05) is 0 Å². The van der Waals surface area contributed by atoms with Crippen LogP contribution in [-0.2, 0) is 0 Å². The summed E-state index contributed by atoms with van der Waals surface area (Å²) in [6.07, 6.45) is 3.69. The molecule has 5 heteroatoms. The molecule has 0 amide bonds. The van der Waals surface area contributed by atoms with Crippen molar-refractivity contribution in [2.24, 2.45) is 0 Å². The fraction of sp³-hybridized carbons (Fsp3) is 0. The third-order valence-electron chi connectivity index (χ3n) is 2.01. The Balaban J connectivity index is 2.32. The zero-order chi connectivity index (χ0) is 12.3. The van der Waals surface area contributed by atoms with Gasteiger partial charge in [0.25, 0.3) is 0 Å². The van der Waals surface area contributed by atoms with Crippen LogP contribution >= 0.6 is 23.2 Å². The number of aldehydes is 1. The third-order valence-corrected chi connectivity index (χ3v) is 2.45. The molecule has 1 aromatic heterocycles. The number of hydrogen-bond donors (Lipinski definition) is 0. The van der Waals surface area contributed by atoms with E-state index < -0.39 is 0 Å². The SMILES string of the molecule is O=Cc1cc(Cl)ccc1Oc1cncc(Cl)c1. The predicted octanol–water partition coefficient (Wildman–Crippen LogP) is 3.99. The highest BCUT2D eigenvalue weighted by atomic mass is 35.5. The van der Waals surface area contributed by atoms with Crippen molar-refractivity contribution in [3.05, 3.63) is 52.3 Å². The molecule has 0 aliphatic rings. The Kier molecular flexibility index (Phi) is 3.61. The number of rotatable bonds is 3. The van der Waals surface area contributed by atoms with Crippen LogP contribution in [0.25, 0.3) is 0 Å². The Morgan fingerprint density at radius 1 is 1.12 bits per heavy atom. The number of benzene rings is 1. The molecule has 0 atom stereocenters. The third kappa shape index (κ3) is 2.96. The van der Waals surface area contributed by atoms with E-state index in [1.165, 1.54) is 18.5 Å². The van der Waals surface area contributed by atoms with Crippen LogP contribution < -0.4 is 4.74 Å². The van der Waals surface area contributed by atoms with Crippen molar-refractivity contribution in [2.45, 2.75) is 0 Å². The molecule has 3 nitrogen and oxygen atoms in total. The lowest BCUT2D eigenvalue weighted by atomic mass is 10.2. The van der Waals surface area contributed by atoms with E-state index in [0.717, 1.165) is 0 Å². The molecule has 17 heavy (non-hydrogen) atoms. The summed E-state index contributed by atoms with van der Waals surface area (Å²) in [5.74, 6) is 0.872. The summed E-state index contributed by atoms with van der Waals surface area (Å²) >= 11 is 11.6. The van der Waals surface area contributed by atoms with Crippen LogP contribution in [0.5, 0.6) is 11.5 Å². The van der Waals surface area contributed by atoms with E-state index in [9.17, 15) is 4.79 Å². The highest BCUT2D eigenvalue weighted by molar-refractivity contribution is 6.31. The van der Waals surface area contributed by atoms with E-state index in [1.807, 2.05) is 0 Å². The molecule has 0 aliphatic heterocycles. The molecular formula is C12H7Cl2NO2. The van der Waals surface area contributed by atoms with Gasteiger partial charge in [-0.25, -0.2) is 0 Å². The molecule has 2 rings (SSSR count). The highest BCUT2D eigenvalue weighted by Crippen LogP contribution is 2.27. The van der Waals surface area contributed by atoms with Crippen molar-refractivity contribution in [3.8, 4) is 11.5 Å². The topological polar surface area (TPSA) is 39.2 Å². The van der Waals surface area contributed by atoms with Crippen molar-refractivity contribution >= 4 is 29.5 Å². The van der Waals surface area contributed by atoms with Gasteiger partial charge in [0.2, 0.25) is 0 Å². The van der Waals surface area contributed by atoms with Crippen LogP contribution in [0.15, 0.2) is 36.7 Å². The van der Waals surface area contributed by atoms with Gasteiger partial charge in [-0.2, -0.15) is 0 Å². The summed E-state index contributed by atoms with van der Waals surface area (Å²) in [5.41, 5.74) is 0.373. The summed E-state index contributed by atoms with van der Waals surface area (Å²) in [6, 6.07) is 6.40. The Morgan fingerprint density at radius 3 is 2.65 bits per heavy atom. The monoisotopic (exact) mass is 267 g/mol. The van der Waals surface area contributed by atoms with Crippen molar-refractivity contribution in [1.29, 1.82) is 0 Å². The smallest absolute Gasteiger partial charge is 0.153 e. The largest absolute Gasteiger partial charge is 0.455 e. The van der Waals surface area contributed by atoms with Crippen molar-refractivity contribution in [3.63, 3.8) is 0 Å². The zero-order valence-electron chi connectivity index (χ0n) is 8.56. The van der Waals surface area contributed by atoms with E-state index in [2.05, 4.69) is 4.98 Å². The average Bonchev–Trinajstić information content (AvgIpc) is 2.31. The summed E-state index contributed by atoms with van der Waals surface area (Å²) in [4.78, 5) is 14.7. The molecule has 0 saturated carbocycles. The van der Waals surface area contributed by atoms with E-state index >= 15 is 0 Å². The average molecular weight is 268 g/mol. The van der Waals surface area contributed by atoms with Gasteiger partial charge >= 0.3 is 0 Å². The zero-order valence-corrected chi connectivity index (χ0v) is 10.1. The standard InChI is InChI=1S/C12H7Cl2NO2/c13-9-1-2-12(8(3-9)7-16)17-11-4-10(14)5-15-6-11/h1-7H. The van der Waals surface area contributed by atoms with Crippen molar-refractivity contribution < 1.29 is 9.53 Å². The molecule has 0 N–H and O–H groups in total. The molecular weight excluding hydrogens is 261 g/mol. The number of nitrogens with zero attached hydrogens (tertiary/aromatic N) is 1. The van der Waals surface area contributed by atoms with Crippen molar-refractivity contribution in [1.82, 2.24) is 4.98 Å². The van der Waals surface area contributed by atoms with E-state index in [-0.39, 0.29) is 0 Å². The van der Waals surface area contributed by atoms with E-state index in [4.69, 9.17) is 27.9 Å². The molecule has 2 aromatic rings. The van der Waals surface area contributed by atoms with Gasteiger partial charge in [0.1, 0.15) is 11.5 Å². The normalized spacial score (nSPS) is 10.0. The first-order valence-corrected chi connectivity index (χ1v) is 5.48. The van der Waals surface area contributed by atoms with Gasteiger partial charge < -0.3 is 4.74 Å². The minimum Gasteiger partial charge on any atom is -0.455 e. The van der Waals surface area contributed by atoms with Crippen LogP contribution in [0.4, 0.5) is 0 Å². The van der Waals surface area contributed by atoms with Gasteiger partial charge in [-0.3, -0.25) is 9.78 Å². The van der Waals surface area contributed by atoms with Gasteiger partial charge in [-0.15, -0.1) is 0 Å². The van der Waals surface area contributed by atoms with Gasteiger partial charge in [-0.05, 0) is 18.2 Å². The first-order valence-electron chi connectivity index (χ1n) is 4.72. The fourth-order valence-corrected chi connectivity index (χ4v) is 1.62. The van der Waals surface area contributed by atoms with Gasteiger partial charge in [0.15, 0.2) is 6.29 Å². The van der Waals surface area contributed by atoms with Gasteiger partial charge in [-0.1, -0.05) is 23.2 Å². The molecule has 0 aliphatic carbocycles. The fourth-order valence-electron chi connectivity index (χ4n) is 1.28. The number of ether oxygens (including phenoxy) is 1. The molecule has 1 heterocycles. The molecule has 0 bridgehead atoms. The molecule has 0 spiro atoms. The highest BCUT2D eigenvalue weighted by Gasteiger charge is 2.05. The predicted molar refractivity (Wildman–Crippen MR) is 66.2 cm³/mol. The van der Waals surface area contributed by atoms with Crippen LogP contribution in [-0.4, -0.2) is 11.3 Å². The lowest BCUT2D eigenvalue weighted by Crippen LogP contribution is -1.91. The number of aromatic nitrogens is 1. The molecule has 86 valence electrons. The molecule has 0 fully saturated rings. The second kappa shape index (κ2) is 5.17. The van der Waals surface area contributed by atoms with E-state index in [0.29, 0.717) is 33.4 Å². The van der Waals surface area contributed by atoms with E-state index in [1.54, 1.807) is 18.2 Å². The molecule has 1 aromatic carbocycles. The summed E-state index contributed by atoms with van der Waals surface area (Å²) in [7, 11) is 0. The number of hydrogen-bond acceptors (Lipinski definition) is 3. The lowest BCUT2D eigenvalue weighted by Gasteiger charge is -2.07. The maximum atomic E-state index is 10.9. The number of carbonyl (C=O) groups excluding carboxylic acids is 1. The maximum absolute atomic E-state index is 10.9.